The van der Waals surface area contributed by atoms with Crippen LogP contribution in [0, 0.1) is 0 Å². The lowest BCUT2D eigenvalue weighted by Crippen LogP contribution is -2.34. The number of nitrogen functional groups attached to an aromatic ring is 1. The molecule has 2 aromatic heterocycles. The summed E-state index contributed by atoms with van der Waals surface area (Å²) < 4.78 is 7.69. The highest BCUT2D eigenvalue weighted by Crippen LogP contribution is 2.37. The maximum atomic E-state index is 11.2. The summed E-state index contributed by atoms with van der Waals surface area (Å²) in [6, 6.07) is 10.3. The molecule has 1 aliphatic rings. The number of benzene rings is 1. The summed E-state index contributed by atoms with van der Waals surface area (Å²) in [5, 5.41) is 4.88. The maximum absolute atomic E-state index is 11.2. The van der Waals surface area contributed by atoms with Crippen molar-refractivity contribution >= 4 is 23.1 Å². The Bertz CT molecular complexity index is 871. The Morgan fingerprint density at radius 3 is 2.79 bits per heavy atom. The molecule has 0 amide bonds. The first-order chi connectivity index (χ1) is 11.8. The summed E-state index contributed by atoms with van der Waals surface area (Å²) in [7, 11) is 0. The van der Waals surface area contributed by atoms with Crippen LogP contribution in [0.25, 0.3) is 11.0 Å². The zero-order valence-corrected chi connectivity index (χ0v) is 13.0. The van der Waals surface area contributed by atoms with Gasteiger partial charge in [0.2, 0.25) is 0 Å². The van der Waals surface area contributed by atoms with Crippen molar-refractivity contribution in [3.8, 4) is 0 Å². The Balaban J connectivity index is 1.46. The van der Waals surface area contributed by atoms with E-state index >= 15 is 0 Å². The first kappa shape index (κ1) is 14.8. The van der Waals surface area contributed by atoms with Gasteiger partial charge in [-0.1, -0.05) is 30.3 Å². The molecule has 7 heteroatoms. The van der Waals surface area contributed by atoms with Crippen molar-refractivity contribution in [3.63, 3.8) is 0 Å². The standard InChI is InChI=1S/C17H17N5O2/c18-16-15-14(8-23)21-22(17(15)20-10-19-16)12-6-13(7-12)24-9-11-4-2-1-3-5-11/h1-5,8,10,12-13H,6-7,9H2,(H2,18,19,20)/t12-,13-. The molecule has 7 nitrogen and oxygen atoms in total. The minimum Gasteiger partial charge on any atom is -0.383 e. The maximum Gasteiger partial charge on any atom is 0.171 e. The molecule has 1 aliphatic carbocycles. The summed E-state index contributed by atoms with van der Waals surface area (Å²) in [5.41, 5.74) is 7.91. The fraction of sp³-hybridized carbons (Fsp3) is 0.294. The molecule has 0 saturated heterocycles. The first-order valence-electron chi connectivity index (χ1n) is 7.85. The predicted molar refractivity (Wildman–Crippen MR) is 88.4 cm³/mol. The Morgan fingerprint density at radius 2 is 2.04 bits per heavy atom. The van der Waals surface area contributed by atoms with Crippen LogP contribution in [-0.4, -0.2) is 32.1 Å². The van der Waals surface area contributed by atoms with Crippen molar-refractivity contribution < 1.29 is 9.53 Å². The molecule has 1 aromatic carbocycles. The van der Waals surface area contributed by atoms with Gasteiger partial charge in [0.05, 0.1) is 24.1 Å². The van der Waals surface area contributed by atoms with Crippen LogP contribution < -0.4 is 5.73 Å². The number of hydrogen-bond acceptors (Lipinski definition) is 6. The molecular weight excluding hydrogens is 306 g/mol. The van der Waals surface area contributed by atoms with Gasteiger partial charge in [-0.2, -0.15) is 5.10 Å². The van der Waals surface area contributed by atoms with Gasteiger partial charge in [0, 0.05) is 0 Å². The number of nitrogens with zero attached hydrogens (tertiary/aromatic N) is 4. The number of ether oxygens (including phenoxy) is 1. The highest BCUT2D eigenvalue weighted by molar-refractivity contribution is 5.99. The second-order valence-electron chi connectivity index (χ2n) is 5.95. The van der Waals surface area contributed by atoms with Crippen LogP contribution in [0.3, 0.4) is 0 Å². The van der Waals surface area contributed by atoms with Crippen molar-refractivity contribution in [2.45, 2.75) is 31.6 Å². The van der Waals surface area contributed by atoms with Crippen molar-refractivity contribution in [3.05, 3.63) is 47.9 Å². The Labute approximate surface area is 138 Å². The third kappa shape index (κ3) is 2.52. The van der Waals surface area contributed by atoms with Crippen molar-refractivity contribution in [2.75, 3.05) is 5.73 Å². The average Bonchev–Trinajstić information content (AvgIpc) is 2.94. The summed E-state index contributed by atoms with van der Waals surface area (Å²) in [6.45, 7) is 0.604. The second kappa shape index (κ2) is 6.01. The molecule has 0 aliphatic heterocycles. The van der Waals surface area contributed by atoms with Gasteiger partial charge in [-0.15, -0.1) is 0 Å². The highest BCUT2D eigenvalue weighted by Gasteiger charge is 2.34. The SMILES string of the molecule is Nc1ncnc2c1c(C=O)nn2[C@H]1C[C@H](OCc2ccccc2)C1. The summed E-state index contributed by atoms with van der Waals surface area (Å²) >= 11 is 0. The second-order valence-corrected chi connectivity index (χ2v) is 5.95. The molecule has 0 bridgehead atoms. The van der Waals surface area contributed by atoms with E-state index in [4.69, 9.17) is 10.5 Å². The van der Waals surface area contributed by atoms with Gasteiger partial charge in [0.1, 0.15) is 17.8 Å². The lowest BCUT2D eigenvalue weighted by molar-refractivity contribution is -0.0375. The zero-order valence-electron chi connectivity index (χ0n) is 13.0. The van der Waals surface area contributed by atoms with E-state index in [1.807, 2.05) is 30.3 Å². The van der Waals surface area contributed by atoms with Crippen molar-refractivity contribution in [1.82, 2.24) is 19.7 Å². The van der Waals surface area contributed by atoms with Crippen LogP contribution in [-0.2, 0) is 11.3 Å². The lowest BCUT2D eigenvalue weighted by Gasteiger charge is -2.35. The smallest absolute Gasteiger partial charge is 0.171 e. The summed E-state index contributed by atoms with van der Waals surface area (Å²) in [5.74, 6) is 0.282. The number of anilines is 1. The molecule has 2 heterocycles. The number of aromatic nitrogens is 4. The van der Waals surface area contributed by atoms with Gasteiger partial charge >= 0.3 is 0 Å². The van der Waals surface area contributed by atoms with E-state index in [1.165, 1.54) is 6.33 Å². The quantitative estimate of drug-likeness (QED) is 0.723. The average molecular weight is 323 g/mol. The molecule has 3 aromatic rings. The van der Waals surface area contributed by atoms with Crippen molar-refractivity contribution in [2.24, 2.45) is 0 Å². The van der Waals surface area contributed by atoms with Crippen LogP contribution in [0.15, 0.2) is 36.7 Å². The minimum absolute atomic E-state index is 0.163. The van der Waals surface area contributed by atoms with Crippen LogP contribution in [0.1, 0.15) is 34.9 Å². The number of carbonyl (C=O) groups is 1. The molecule has 4 rings (SSSR count). The van der Waals surface area contributed by atoms with E-state index < -0.39 is 0 Å². The molecule has 24 heavy (non-hydrogen) atoms. The van der Waals surface area contributed by atoms with E-state index in [2.05, 4.69) is 15.1 Å². The van der Waals surface area contributed by atoms with Gasteiger partial charge in [-0.25, -0.2) is 14.6 Å². The number of nitrogens with two attached hydrogens (primary N) is 1. The number of carbonyl (C=O) groups excluding carboxylic acids is 1. The first-order valence-corrected chi connectivity index (χ1v) is 7.85. The molecule has 1 saturated carbocycles. The molecule has 0 spiro atoms. The normalized spacial score (nSPS) is 20.0. The van der Waals surface area contributed by atoms with E-state index in [0.29, 0.717) is 23.9 Å². The van der Waals surface area contributed by atoms with Gasteiger partial charge in [-0.3, -0.25) is 4.79 Å². The predicted octanol–water partition coefficient (Wildman–Crippen LogP) is 2.14. The monoisotopic (exact) mass is 323 g/mol. The Morgan fingerprint density at radius 1 is 1.25 bits per heavy atom. The third-order valence-corrected chi connectivity index (χ3v) is 4.40. The summed E-state index contributed by atoms with van der Waals surface area (Å²) in [4.78, 5) is 19.4. The molecule has 2 N–H and O–H groups in total. The third-order valence-electron chi connectivity index (χ3n) is 4.40. The fourth-order valence-corrected chi connectivity index (χ4v) is 3.02. The molecule has 122 valence electrons. The molecule has 1 fully saturated rings. The fourth-order valence-electron chi connectivity index (χ4n) is 3.02. The number of hydrogen-bond donors (Lipinski definition) is 1. The van der Waals surface area contributed by atoms with Gasteiger partial charge in [-0.05, 0) is 18.4 Å². The van der Waals surface area contributed by atoms with Gasteiger partial charge in [0.15, 0.2) is 11.9 Å². The van der Waals surface area contributed by atoms with Crippen LogP contribution >= 0.6 is 0 Å². The van der Waals surface area contributed by atoms with Crippen LogP contribution in [0.2, 0.25) is 0 Å². The molecule has 0 radical (unpaired) electrons. The van der Waals surface area contributed by atoms with Gasteiger partial charge in [0.25, 0.3) is 0 Å². The van der Waals surface area contributed by atoms with Gasteiger partial charge < -0.3 is 10.5 Å². The van der Waals surface area contributed by atoms with E-state index in [9.17, 15) is 4.79 Å². The van der Waals surface area contributed by atoms with Crippen molar-refractivity contribution in [1.29, 1.82) is 0 Å². The van der Waals surface area contributed by atoms with Crippen LogP contribution in [0.4, 0.5) is 5.82 Å². The lowest BCUT2D eigenvalue weighted by atomic mass is 9.89. The number of aldehydes is 1. The molecule has 0 atom stereocenters. The number of fused-ring (bicyclic) bond motifs is 1. The Hall–Kier alpha value is -2.80. The highest BCUT2D eigenvalue weighted by atomic mass is 16.5. The largest absolute Gasteiger partial charge is 0.383 e. The van der Waals surface area contributed by atoms with E-state index in [1.54, 1.807) is 4.68 Å². The minimum atomic E-state index is 0.163. The molecule has 0 unspecified atom stereocenters. The number of rotatable bonds is 5. The van der Waals surface area contributed by atoms with Crippen LogP contribution in [0.5, 0.6) is 0 Å². The van der Waals surface area contributed by atoms with E-state index in [0.717, 1.165) is 18.4 Å². The van der Waals surface area contributed by atoms with E-state index in [-0.39, 0.29) is 23.7 Å². The Kier molecular flexibility index (Phi) is 3.70. The summed E-state index contributed by atoms with van der Waals surface area (Å²) in [6.07, 6.45) is 3.96. The topological polar surface area (TPSA) is 95.9 Å². The molecular formula is C17H17N5O2. The zero-order chi connectivity index (χ0) is 16.5.